The molecule has 1 unspecified atom stereocenters. The molecular formula is C20H29N3O5S. The highest BCUT2D eigenvalue weighted by Crippen LogP contribution is 2.34. The molecule has 1 heterocycles. The third-order valence-electron chi connectivity index (χ3n) is 5.37. The first-order valence-electron chi connectivity index (χ1n) is 10.2. The number of hydrogen-bond acceptors (Lipinski definition) is 5. The molecular weight excluding hydrogens is 394 g/mol. The molecule has 1 atom stereocenters. The van der Waals surface area contributed by atoms with E-state index in [1.54, 1.807) is 24.8 Å². The molecule has 2 aliphatic rings. The molecule has 0 radical (unpaired) electrons. The van der Waals surface area contributed by atoms with E-state index in [9.17, 15) is 18.0 Å². The SMILES string of the molecule is CCOc1ccc(S(=O)(=O)N(CC)CC)cc1NC(=O)C1CC(=O)N(C2CC2)C1. The second-order valence-electron chi connectivity index (χ2n) is 7.35. The normalized spacial score (nSPS) is 19.7. The van der Waals surface area contributed by atoms with Crippen LogP contribution in [-0.2, 0) is 19.6 Å². The van der Waals surface area contributed by atoms with Gasteiger partial charge in [-0.2, -0.15) is 4.31 Å². The number of carbonyl (C=O) groups is 2. The van der Waals surface area contributed by atoms with Crippen molar-refractivity contribution in [3.63, 3.8) is 0 Å². The lowest BCUT2D eigenvalue weighted by molar-refractivity contribution is -0.128. The summed E-state index contributed by atoms with van der Waals surface area (Å²) in [6.45, 7) is 6.88. The van der Waals surface area contributed by atoms with E-state index in [4.69, 9.17) is 4.74 Å². The molecule has 2 fully saturated rings. The maximum Gasteiger partial charge on any atom is 0.243 e. The van der Waals surface area contributed by atoms with Crippen molar-refractivity contribution >= 4 is 27.5 Å². The molecule has 1 aliphatic carbocycles. The molecule has 0 spiro atoms. The molecule has 1 aromatic rings. The van der Waals surface area contributed by atoms with Gasteiger partial charge >= 0.3 is 0 Å². The van der Waals surface area contributed by atoms with Crippen molar-refractivity contribution in [2.75, 3.05) is 31.6 Å². The summed E-state index contributed by atoms with van der Waals surface area (Å²) < 4.78 is 32.6. The van der Waals surface area contributed by atoms with E-state index in [1.165, 1.54) is 16.4 Å². The Bertz CT molecular complexity index is 878. The van der Waals surface area contributed by atoms with Crippen LogP contribution in [0.3, 0.4) is 0 Å². The smallest absolute Gasteiger partial charge is 0.243 e. The zero-order chi connectivity index (χ0) is 21.2. The highest BCUT2D eigenvalue weighted by molar-refractivity contribution is 7.89. The number of ether oxygens (including phenoxy) is 1. The number of nitrogens with zero attached hydrogens (tertiary/aromatic N) is 2. The van der Waals surface area contributed by atoms with Crippen molar-refractivity contribution in [1.29, 1.82) is 0 Å². The first-order valence-corrected chi connectivity index (χ1v) is 11.6. The molecule has 1 aliphatic heterocycles. The third-order valence-corrected chi connectivity index (χ3v) is 7.41. The molecule has 8 nitrogen and oxygen atoms in total. The zero-order valence-corrected chi connectivity index (χ0v) is 18.0. The lowest BCUT2D eigenvalue weighted by Gasteiger charge is -2.20. The summed E-state index contributed by atoms with van der Waals surface area (Å²) in [5.74, 6) is -0.321. The van der Waals surface area contributed by atoms with Crippen molar-refractivity contribution < 1.29 is 22.7 Å². The van der Waals surface area contributed by atoms with Crippen LogP contribution in [0.25, 0.3) is 0 Å². The summed E-state index contributed by atoms with van der Waals surface area (Å²) >= 11 is 0. The van der Waals surface area contributed by atoms with E-state index in [-0.39, 0.29) is 29.2 Å². The van der Waals surface area contributed by atoms with Gasteiger partial charge in [-0.25, -0.2) is 8.42 Å². The summed E-state index contributed by atoms with van der Waals surface area (Å²) in [6.07, 6.45) is 2.18. The fraction of sp³-hybridized carbons (Fsp3) is 0.600. The van der Waals surface area contributed by atoms with Gasteiger partial charge in [0.1, 0.15) is 5.75 Å². The monoisotopic (exact) mass is 423 g/mol. The minimum atomic E-state index is -3.67. The second-order valence-corrected chi connectivity index (χ2v) is 9.29. The lowest BCUT2D eigenvalue weighted by Crippen LogP contribution is -2.31. The van der Waals surface area contributed by atoms with Gasteiger partial charge in [0.25, 0.3) is 0 Å². The van der Waals surface area contributed by atoms with Gasteiger partial charge in [-0.15, -0.1) is 0 Å². The van der Waals surface area contributed by atoms with E-state index in [0.29, 0.717) is 37.7 Å². The Morgan fingerprint density at radius 2 is 1.93 bits per heavy atom. The summed E-state index contributed by atoms with van der Waals surface area (Å²) in [4.78, 5) is 26.8. The van der Waals surface area contributed by atoms with Crippen LogP contribution in [0, 0.1) is 5.92 Å². The molecule has 2 amide bonds. The summed E-state index contributed by atoms with van der Waals surface area (Å²) in [6, 6.07) is 4.77. The number of likely N-dealkylation sites (tertiary alicyclic amines) is 1. The topological polar surface area (TPSA) is 96.0 Å². The number of anilines is 1. The Balaban J connectivity index is 1.83. The highest BCUT2D eigenvalue weighted by atomic mass is 32.2. The fourth-order valence-electron chi connectivity index (χ4n) is 3.64. The van der Waals surface area contributed by atoms with Gasteiger partial charge in [0, 0.05) is 32.1 Å². The van der Waals surface area contributed by atoms with Gasteiger partial charge in [0.05, 0.1) is 23.1 Å². The van der Waals surface area contributed by atoms with Crippen LogP contribution in [0.2, 0.25) is 0 Å². The summed E-state index contributed by atoms with van der Waals surface area (Å²) in [7, 11) is -3.67. The van der Waals surface area contributed by atoms with E-state index in [0.717, 1.165) is 12.8 Å². The maximum absolute atomic E-state index is 12.8. The van der Waals surface area contributed by atoms with Crippen LogP contribution in [0.5, 0.6) is 5.75 Å². The molecule has 0 aromatic heterocycles. The van der Waals surface area contributed by atoms with Gasteiger partial charge in [-0.05, 0) is 38.0 Å². The first-order chi connectivity index (χ1) is 13.8. The molecule has 1 saturated carbocycles. The second kappa shape index (κ2) is 8.71. The van der Waals surface area contributed by atoms with Gasteiger partial charge in [0.15, 0.2) is 0 Å². The van der Waals surface area contributed by atoms with Gasteiger partial charge in [0.2, 0.25) is 21.8 Å². The quantitative estimate of drug-likeness (QED) is 0.656. The molecule has 1 N–H and O–H groups in total. The van der Waals surface area contributed by atoms with E-state index >= 15 is 0 Å². The van der Waals surface area contributed by atoms with Crippen LogP contribution in [0.1, 0.15) is 40.0 Å². The Morgan fingerprint density at radius 1 is 1.24 bits per heavy atom. The van der Waals surface area contributed by atoms with Crippen LogP contribution in [0.15, 0.2) is 23.1 Å². The van der Waals surface area contributed by atoms with Crippen molar-refractivity contribution in [2.24, 2.45) is 5.92 Å². The van der Waals surface area contributed by atoms with Crippen LogP contribution in [-0.4, -0.2) is 61.7 Å². The number of benzene rings is 1. The van der Waals surface area contributed by atoms with Crippen molar-refractivity contribution in [1.82, 2.24) is 9.21 Å². The minimum Gasteiger partial charge on any atom is -0.492 e. The Kier molecular flexibility index (Phi) is 6.48. The van der Waals surface area contributed by atoms with Gasteiger partial charge in [-0.3, -0.25) is 9.59 Å². The molecule has 0 bridgehead atoms. The van der Waals surface area contributed by atoms with Gasteiger partial charge in [-0.1, -0.05) is 13.8 Å². The number of rotatable bonds is 9. The fourth-order valence-corrected chi connectivity index (χ4v) is 5.13. The molecule has 1 saturated heterocycles. The van der Waals surface area contributed by atoms with E-state index in [2.05, 4.69) is 5.32 Å². The predicted octanol–water partition coefficient (Wildman–Crippen LogP) is 2.07. The molecule has 29 heavy (non-hydrogen) atoms. The Morgan fingerprint density at radius 3 is 2.52 bits per heavy atom. The molecule has 1 aromatic carbocycles. The molecule has 3 rings (SSSR count). The van der Waals surface area contributed by atoms with Crippen molar-refractivity contribution in [2.45, 2.75) is 51.0 Å². The minimum absolute atomic E-state index is 0.00976. The number of amides is 2. The maximum atomic E-state index is 12.8. The number of hydrogen-bond donors (Lipinski definition) is 1. The number of sulfonamides is 1. The van der Waals surface area contributed by atoms with E-state index in [1.807, 2.05) is 6.92 Å². The van der Waals surface area contributed by atoms with Crippen LogP contribution < -0.4 is 10.1 Å². The predicted molar refractivity (Wildman–Crippen MR) is 109 cm³/mol. The Hall–Kier alpha value is -2.13. The van der Waals surface area contributed by atoms with Crippen LogP contribution in [0.4, 0.5) is 5.69 Å². The van der Waals surface area contributed by atoms with E-state index < -0.39 is 15.9 Å². The average Bonchev–Trinajstić information content (AvgIpc) is 3.45. The average molecular weight is 424 g/mol. The highest BCUT2D eigenvalue weighted by Gasteiger charge is 2.41. The zero-order valence-electron chi connectivity index (χ0n) is 17.2. The number of carbonyl (C=O) groups excluding carboxylic acids is 2. The lowest BCUT2D eigenvalue weighted by atomic mass is 10.1. The van der Waals surface area contributed by atoms with Crippen molar-refractivity contribution in [3.8, 4) is 5.75 Å². The molecule has 9 heteroatoms. The summed E-state index contributed by atoms with van der Waals surface area (Å²) in [5.41, 5.74) is 0.308. The summed E-state index contributed by atoms with van der Waals surface area (Å²) in [5, 5.41) is 2.80. The third kappa shape index (κ3) is 4.56. The largest absolute Gasteiger partial charge is 0.492 e. The Labute approximate surface area is 172 Å². The number of nitrogens with one attached hydrogen (secondary N) is 1. The van der Waals surface area contributed by atoms with Crippen molar-refractivity contribution in [3.05, 3.63) is 18.2 Å². The van der Waals surface area contributed by atoms with Gasteiger partial charge < -0.3 is 15.0 Å². The first kappa shape index (κ1) is 21.6. The van der Waals surface area contributed by atoms with Crippen LogP contribution >= 0.6 is 0 Å². The molecule has 160 valence electrons. The standard InChI is InChI=1S/C20H29N3O5S/c1-4-22(5-2)29(26,27)16-9-10-18(28-6-3)17(12-16)21-20(25)14-11-19(24)23(13-14)15-7-8-15/h9-10,12,14-15H,4-8,11,13H2,1-3H3,(H,21,25).